The summed E-state index contributed by atoms with van der Waals surface area (Å²) in [6.07, 6.45) is 0.788. The molecule has 0 saturated heterocycles. The summed E-state index contributed by atoms with van der Waals surface area (Å²) in [5.41, 5.74) is 1.21. The summed E-state index contributed by atoms with van der Waals surface area (Å²) in [5, 5.41) is 5.04. The highest BCUT2D eigenvalue weighted by atomic mass is 32.1. The van der Waals surface area contributed by atoms with Gasteiger partial charge in [0.05, 0.1) is 6.04 Å². The molecule has 0 fully saturated rings. The standard InChI is InChI=1S/C15H17NO2S/c1-18-11-15(17)16-13(14-8-5-9-19-14)10-12-6-3-2-4-7-12/h2-9,13H,10-11H2,1H3,(H,16,17)/t13-/m0/s1. The van der Waals surface area contributed by atoms with Crippen LogP contribution in [0.4, 0.5) is 0 Å². The van der Waals surface area contributed by atoms with E-state index < -0.39 is 0 Å². The van der Waals surface area contributed by atoms with Crippen LogP contribution >= 0.6 is 11.3 Å². The molecule has 1 aromatic carbocycles. The molecule has 0 radical (unpaired) electrons. The van der Waals surface area contributed by atoms with E-state index in [1.807, 2.05) is 35.7 Å². The summed E-state index contributed by atoms with van der Waals surface area (Å²) < 4.78 is 4.86. The highest BCUT2D eigenvalue weighted by molar-refractivity contribution is 7.10. The maximum Gasteiger partial charge on any atom is 0.246 e. The predicted molar refractivity (Wildman–Crippen MR) is 77.2 cm³/mol. The average Bonchev–Trinajstić information content (AvgIpc) is 2.93. The van der Waals surface area contributed by atoms with Gasteiger partial charge in [-0.25, -0.2) is 0 Å². The van der Waals surface area contributed by atoms with Crippen molar-refractivity contribution in [3.8, 4) is 0 Å². The fraction of sp³-hybridized carbons (Fsp3) is 0.267. The molecule has 0 saturated carbocycles. The number of thiophene rings is 1. The zero-order chi connectivity index (χ0) is 13.5. The van der Waals surface area contributed by atoms with Crippen LogP contribution in [-0.2, 0) is 16.0 Å². The lowest BCUT2D eigenvalue weighted by atomic mass is 10.0. The predicted octanol–water partition coefficient (Wildman–Crippen LogP) is 2.79. The highest BCUT2D eigenvalue weighted by Crippen LogP contribution is 2.22. The molecule has 0 aliphatic carbocycles. The Labute approximate surface area is 117 Å². The second-order valence-corrected chi connectivity index (χ2v) is 5.24. The van der Waals surface area contributed by atoms with E-state index in [0.717, 1.165) is 11.3 Å². The van der Waals surface area contributed by atoms with E-state index in [1.54, 1.807) is 11.3 Å². The van der Waals surface area contributed by atoms with Gasteiger partial charge in [0, 0.05) is 12.0 Å². The normalized spacial score (nSPS) is 12.1. The molecular weight excluding hydrogens is 258 g/mol. The first-order valence-electron chi connectivity index (χ1n) is 6.15. The number of carbonyl (C=O) groups excluding carboxylic acids is 1. The van der Waals surface area contributed by atoms with Gasteiger partial charge in [-0.15, -0.1) is 11.3 Å². The fourth-order valence-corrected chi connectivity index (χ4v) is 2.71. The van der Waals surface area contributed by atoms with Gasteiger partial charge in [0.2, 0.25) is 5.91 Å². The zero-order valence-electron chi connectivity index (χ0n) is 10.8. The van der Waals surface area contributed by atoms with Gasteiger partial charge >= 0.3 is 0 Å². The maximum absolute atomic E-state index is 11.7. The number of methoxy groups -OCH3 is 1. The minimum Gasteiger partial charge on any atom is -0.375 e. The first kappa shape index (κ1) is 13.8. The minimum absolute atomic E-state index is 0.00468. The van der Waals surface area contributed by atoms with Crippen molar-refractivity contribution in [1.82, 2.24) is 5.32 Å². The lowest BCUT2D eigenvalue weighted by molar-refractivity contribution is -0.125. The summed E-state index contributed by atoms with van der Waals surface area (Å²) in [7, 11) is 1.52. The van der Waals surface area contributed by atoms with Crippen LogP contribution in [0.3, 0.4) is 0 Å². The Hall–Kier alpha value is -1.65. The van der Waals surface area contributed by atoms with Crippen molar-refractivity contribution in [1.29, 1.82) is 0 Å². The smallest absolute Gasteiger partial charge is 0.246 e. The van der Waals surface area contributed by atoms with Gasteiger partial charge in [-0.1, -0.05) is 36.4 Å². The van der Waals surface area contributed by atoms with Gasteiger partial charge in [0.15, 0.2) is 0 Å². The van der Waals surface area contributed by atoms with Gasteiger partial charge in [-0.3, -0.25) is 4.79 Å². The third kappa shape index (κ3) is 4.19. The molecule has 1 N–H and O–H groups in total. The van der Waals surface area contributed by atoms with Crippen LogP contribution < -0.4 is 5.32 Å². The molecule has 0 bridgehead atoms. The van der Waals surface area contributed by atoms with E-state index >= 15 is 0 Å². The lowest BCUT2D eigenvalue weighted by Crippen LogP contribution is -2.32. The molecule has 100 valence electrons. The highest BCUT2D eigenvalue weighted by Gasteiger charge is 2.15. The molecule has 2 aromatic rings. The van der Waals surface area contributed by atoms with E-state index in [4.69, 9.17) is 4.74 Å². The Morgan fingerprint density at radius 1 is 1.26 bits per heavy atom. The van der Waals surface area contributed by atoms with Gasteiger partial charge in [0.1, 0.15) is 6.61 Å². The molecule has 0 aliphatic heterocycles. The van der Waals surface area contributed by atoms with Crippen molar-refractivity contribution >= 4 is 17.2 Å². The molecule has 1 aromatic heterocycles. The van der Waals surface area contributed by atoms with Crippen molar-refractivity contribution in [3.05, 3.63) is 58.3 Å². The van der Waals surface area contributed by atoms with Crippen molar-refractivity contribution in [3.63, 3.8) is 0 Å². The van der Waals surface area contributed by atoms with Crippen LogP contribution in [0.1, 0.15) is 16.5 Å². The Kier molecular flexibility index (Phi) is 5.12. The number of nitrogens with one attached hydrogen (secondary N) is 1. The molecule has 0 aliphatic rings. The quantitative estimate of drug-likeness (QED) is 0.880. The molecule has 1 heterocycles. The van der Waals surface area contributed by atoms with Crippen LogP contribution in [0.2, 0.25) is 0 Å². The number of rotatable bonds is 6. The van der Waals surface area contributed by atoms with E-state index in [2.05, 4.69) is 17.4 Å². The van der Waals surface area contributed by atoms with Gasteiger partial charge < -0.3 is 10.1 Å². The van der Waals surface area contributed by atoms with Crippen LogP contribution in [0, 0.1) is 0 Å². The number of ether oxygens (including phenoxy) is 1. The van der Waals surface area contributed by atoms with Crippen molar-refractivity contribution in [2.75, 3.05) is 13.7 Å². The van der Waals surface area contributed by atoms with Crippen molar-refractivity contribution in [2.45, 2.75) is 12.5 Å². The van der Waals surface area contributed by atoms with E-state index in [1.165, 1.54) is 12.7 Å². The van der Waals surface area contributed by atoms with Gasteiger partial charge in [-0.05, 0) is 23.4 Å². The lowest BCUT2D eigenvalue weighted by Gasteiger charge is -2.17. The molecule has 0 spiro atoms. The summed E-state index contributed by atoms with van der Waals surface area (Å²) in [5.74, 6) is -0.0863. The second-order valence-electron chi connectivity index (χ2n) is 4.26. The van der Waals surface area contributed by atoms with Crippen LogP contribution in [0.5, 0.6) is 0 Å². The van der Waals surface area contributed by atoms with Crippen molar-refractivity contribution in [2.24, 2.45) is 0 Å². The molecule has 4 heteroatoms. The molecule has 1 amide bonds. The third-order valence-corrected chi connectivity index (χ3v) is 3.77. The Morgan fingerprint density at radius 3 is 2.68 bits per heavy atom. The summed E-state index contributed by atoms with van der Waals surface area (Å²) in [4.78, 5) is 12.9. The number of hydrogen-bond acceptors (Lipinski definition) is 3. The minimum atomic E-state index is -0.0863. The van der Waals surface area contributed by atoms with Gasteiger partial charge in [0.25, 0.3) is 0 Å². The fourth-order valence-electron chi connectivity index (χ4n) is 1.93. The zero-order valence-corrected chi connectivity index (χ0v) is 11.7. The summed E-state index contributed by atoms with van der Waals surface area (Å²) in [6.45, 7) is 0.0939. The first-order chi connectivity index (χ1) is 9.29. The summed E-state index contributed by atoms with van der Waals surface area (Å²) in [6, 6.07) is 14.2. The van der Waals surface area contributed by atoms with Gasteiger partial charge in [-0.2, -0.15) is 0 Å². The van der Waals surface area contributed by atoms with Crippen LogP contribution in [0.25, 0.3) is 0 Å². The molecule has 0 unspecified atom stereocenters. The van der Waals surface area contributed by atoms with E-state index in [9.17, 15) is 4.79 Å². The van der Waals surface area contributed by atoms with E-state index in [0.29, 0.717) is 0 Å². The number of carbonyl (C=O) groups is 1. The SMILES string of the molecule is COCC(=O)N[C@@H](Cc1ccccc1)c1cccs1. The monoisotopic (exact) mass is 275 g/mol. The third-order valence-electron chi connectivity index (χ3n) is 2.78. The van der Waals surface area contributed by atoms with E-state index in [-0.39, 0.29) is 18.6 Å². The molecule has 1 atom stereocenters. The Balaban J connectivity index is 2.09. The molecule has 19 heavy (non-hydrogen) atoms. The number of amides is 1. The summed E-state index contributed by atoms with van der Waals surface area (Å²) >= 11 is 1.65. The second kappa shape index (κ2) is 7.07. The number of hydrogen-bond donors (Lipinski definition) is 1. The first-order valence-corrected chi connectivity index (χ1v) is 7.03. The van der Waals surface area contributed by atoms with Crippen LogP contribution in [0.15, 0.2) is 47.8 Å². The largest absolute Gasteiger partial charge is 0.375 e. The van der Waals surface area contributed by atoms with Crippen molar-refractivity contribution < 1.29 is 9.53 Å². The topological polar surface area (TPSA) is 38.3 Å². The Morgan fingerprint density at radius 2 is 2.05 bits per heavy atom. The maximum atomic E-state index is 11.7. The molecular formula is C15H17NO2S. The number of benzene rings is 1. The Bertz CT molecular complexity index is 496. The average molecular weight is 275 g/mol. The molecule has 2 rings (SSSR count). The molecule has 3 nitrogen and oxygen atoms in total. The van der Waals surface area contributed by atoms with Crippen LogP contribution in [-0.4, -0.2) is 19.6 Å².